The van der Waals surface area contributed by atoms with Crippen molar-refractivity contribution < 1.29 is 23.1 Å². The van der Waals surface area contributed by atoms with Gasteiger partial charge in [0.15, 0.2) is 9.84 Å². The molecule has 2 amide bonds. The van der Waals surface area contributed by atoms with Crippen LogP contribution in [-0.2, 0) is 14.6 Å². The largest absolute Gasteiger partial charge is 0.480 e. The van der Waals surface area contributed by atoms with Crippen LogP contribution >= 0.6 is 0 Å². The fraction of sp³-hybridized carbons (Fsp3) is 0.800. The first-order chi connectivity index (χ1) is 8.26. The molecular weight excluding hydrogens is 260 g/mol. The van der Waals surface area contributed by atoms with E-state index in [1.807, 2.05) is 0 Å². The molecule has 1 saturated heterocycles. The van der Waals surface area contributed by atoms with E-state index in [9.17, 15) is 18.0 Å². The van der Waals surface area contributed by atoms with Gasteiger partial charge in [0, 0.05) is 13.1 Å². The van der Waals surface area contributed by atoms with E-state index in [4.69, 9.17) is 5.11 Å². The number of hydrogen-bond donors (Lipinski definition) is 2. The minimum Gasteiger partial charge on any atom is -0.480 e. The van der Waals surface area contributed by atoms with Crippen molar-refractivity contribution >= 4 is 21.8 Å². The Labute approximate surface area is 106 Å². The van der Waals surface area contributed by atoms with Crippen LogP contribution in [0.5, 0.6) is 0 Å². The number of rotatable bonds is 4. The van der Waals surface area contributed by atoms with Crippen LogP contribution in [0.1, 0.15) is 19.8 Å². The lowest BCUT2D eigenvalue weighted by Gasteiger charge is -2.25. The Morgan fingerprint density at radius 2 is 2.11 bits per heavy atom. The quantitative estimate of drug-likeness (QED) is 0.733. The normalized spacial score (nSPS) is 23.3. The zero-order chi connectivity index (χ0) is 13.9. The molecule has 1 fully saturated rings. The van der Waals surface area contributed by atoms with Crippen LogP contribution in [0.2, 0.25) is 0 Å². The molecule has 0 aromatic carbocycles. The summed E-state index contributed by atoms with van der Waals surface area (Å²) < 4.78 is 22.6. The second-order valence-corrected chi connectivity index (χ2v) is 6.65. The Kier molecular flexibility index (Phi) is 4.55. The second-order valence-electron chi connectivity index (χ2n) is 4.42. The molecule has 0 saturated carbocycles. The second kappa shape index (κ2) is 5.55. The Hall–Kier alpha value is -1.31. The maximum absolute atomic E-state index is 11.8. The standard InChI is InChI=1S/C10H18N2O5S/c1-3-8(9(13)14)11-10(15)12(2)7-4-5-18(16,17)6-7/h7-8H,3-6H2,1-2H3,(H,11,15)(H,13,14)/t7?,8-/m1/s1. The summed E-state index contributed by atoms with van der Waals surface area (Å²) >= 11 is 0. The summed E-state index contributed by atoms with van der Waals surface area (Å²) in [6.45, 7) is 1.65. The van der Waals surface area contributed by atoms with Gasteiger partial charge in [0.05, 0.1) is 11.5 Å². The summed E-state index contributed by atoms with van der Waals surface area (Å²) in [5.41, 5.74) is 0. The van der Waals surface area contributed by atoms with Gasteiger partial charge >= 0.3 is 12.0 Å². The summed E-state index contributed by atoms with van der Waals surface area (Å²) in [5, 5.41) is 11.2. The average molecular weight is 278 g/mol. The summed E-state index contributed by atoms with van der Waals surface area (Å²) in [7, 11) is -1.58. The topological polar surface area (TPSA) is 104 Å². The smallest absolute Gasteiger partial charge is 0.326 e. The van der Waals surface area contributed by atoms with Crippen molar-refractivity contribution in [3.05, 3.63) is 0 Å². The number of carboxylic acids is 1. The van der Waals surface area contributed by atoms with Gasteiger partial charge in [0.2, 0.25) is 0 Å². The maximum Gasteiger partial charge on any atom is 0.326 e. The monoisotopic (exact) mass is 278 g/mol. The molecule has 0 aliphatic carbocycles. The van der Waals surface area contributed by atoms with Crippen molar-refractivity contribution in [2.45, 2.75) is 31.8 Å². The van der Waals surface area contributed by atoms with E-state index in [0.717, 1.165) is 0 Å². The van der Waals surface area contributed by atoms with Crippen molar-refractivity contribution in [1.29, 1.82) is 0 Å². The molecule has 0 bridgehead atoms. The first-order valence-corrected chi connectivity index (χ1v) is 7.55. The summed E-state index contributed by atoms with van der Waals surface area (Å²) in [6, 6.07) is -1.87. The van der Waals surface area contributed by atoms with Gasteiger partial charge in [-0.25, -0.2) is 18.0 Å². The van der Waals surface area contributed by atoms with Crippen LogP contribution in [0.4, 0.5) is 4.79 Å². The van der Waals surface area contributed by atoms with Crippen molar-refractivity contribution in [2.75, 3.05) is 18.6 Å². The van der Waals surface area contributed by atoms with Crippen LogP contribution in [0.15, 0.2) is 0 Å². The van der Waals surface area contributed by atoms with E-state index >= 15 is 0 Å². The summed E-state index contributed by atoms with van der Waals surface area (Å²) in [6.07, 6.45) is 0.675. The van der Waals surface area contributed by atoms with Crippen LogP contribution in [0.3, 0.4) is 0 Å². The predicted octanol–water partition coefficient (Wildman–Crippen LogP) is -0.322. The lowest BCUT2D eigenvalue weighted by atomic mass is 10.2. The predicted molar refractivity (Wildman–Crippen MR) is 65.1 cm³/mol. The lowest BCUT2D eigenvalue weighted by Crippen LogP contribution is -2.49. The van der Waals surface area contributed by atoms with Gasteiger partial charge in [0.1, 0.15) is 6.04 Å². The molecule has 1 aliphatic heterocycles. The fourth-order valence-electron chi connectivity index (χ4n) is 1.84. The number of urea groups is 1. The molecule has 2 N–H and O–H groups in total. The first-order valence-electron chi connectivity index (χ1n) is 5.73. The fourth-order valence-corrected chi connectivity index (χ4v) is 3.61. The van der Waals surface area contributed by atoms with Gasteiger partial charge in [-0.2, -0.15) is 0 Å². The van der Waals surface area contributed by atoms with Crippen molar-refractivity contribution in [3.8, 4) is 0 Å². The van der Waals surface area contributed by atoms with Crippen molar-refractivity contribution in [2.24, 2.45) is 0 Å². The van der Waals surface area contributed by atoms with Gasteiger partial charge in [-0.15, -0.1) is 0 Å². The number of aliphatic carboxylic acids is 1. The number of nitrogens with zero attached hydrogens (tertiary/aromatic N) is 1. The Morgan fingerprint density at radius 3 is 2.50 bits per heavy atom. The summed E-state index contributed by atoms with van der Waals surface area (Å²) in [5.74, 6) is -1.08. The van der Waals surface area contributed by atoms with Gasteiger partial charge in [-0.3, -0.25) is 0 Å². The third-order valence-corrected chi connectivity index (χ3v) is 4.83. The minimum absolute atomic E-state index is 0.0548. The van der Waals surface area contributed by atoms with E-state index < -0.39 is 27.9 Å². The van der Waals surface area contributed by atoms with Crippen LogP contribution in [0.25, 0.3) is 0 Å². The van der Waals surface area contributed by atoms with E-state index in [1.165, 1.54) is 11.9 Å². The average Bonchev–Trinajstić information content (AvgIpc) is 2.64. The first kappa shape index (κ1) is 14.7. The molecule has 104 valence electrons. The third-order valence-electron chi connectivity index (χ3n) is 3.08. The highest BCUT2D eigenvalue weighted by Gasteiger charge is 2.33. The van der Waals surface area contributed by atoms with Crippen molar-refractivity contribution in [1.82, 2.24) is 10.2 Å². The number of carbonyl (C=O) groups is 2. The van der Waals surface area contributed by atoms with E-state index in [0.29, 0.717) is 6.42 Å². The number of carboxylic acid groups (broad SMARTS) is 1. The van der Waals surface area contributed by atoms with Gasteiger partial charge in [0.25, 0.3) is 0 Å². The molecule has 1 aliphatic rings. The molecule has 1 heterocycles. The number of carbonyl (C=O) groups excluding carboxylic acids is 1. The Balaban J connectivity index is 2.59. The van der Waals surface area contributed by atoms with E-state index in [-0.39, 0.29) is 24.0 Å². The van der Waals surface area contributed by atoms with E-state index in [1.54, 1.807) is 6.92 Å². The van der Waals surface area contributed by atoms with Gasteiger partial charge in [-0.1, -0.05) is 6.92 Å². The molecule has 0 aromatic rings. The van der Waals surface area contributed by atoms with E-state index in [2.05, 4.69) is 5.32 Å². The third kappa shape index (κ3) is 3.59. The summed E-state index contributed by atoms with van der Waals surface area (Å²) in [4.78, 5) is 23.8. The zero-order valence-electron chi connectivity index (χ0n) is 10.4. The molecule has 1 rings (SSSR count). The van der Waals surface area contributed by atoms with Gasteiger partial charge in [-0.05, 0) is 12.8 Å². The molecule has 18 heavy (non-hydrogen) atoms. The number of sulfone groups is 1. The van der Waals surface area contributed by atoms with Crippen LogP contribution in [-0.4, -0.2) is 61.1 Å². The highest BCUT2D eigenvalue weighted by molar-refractivity contribution is 7.91. The SMILES string of the molecule is CC[C@@H](NC(=O)N(C)C1CCS(=O)(=O)C1)C(=O)O. The maximum atomic E-state index is 11.8. The number of hydrogen-bond acceptors (Lipinski definition) is 4. The van der Waals surface area contributed by atoms with Crippen LogP contribution in [0, 0.1) is 0 Å². The lowest BCUT2D eigenvalue weighted by molar-refractivity contribution is -0.139. The molecule has 2 atom stereocenters. The Morgan fingerprint density at radius 1 is 1.50 bits per heavy atom. The molecular formula is C10H18N2O5S. The Bertz CT molecular complexity index is 434. The minimum atomic E-state index is -3.06. The molecule has 7 nitrogen and oxygen atoms in total. The molecule has 0 spiro atoms. The molecule has 8 heteroatoms. The number of nitrogens with one attached hydrogen (secondary N) is 1. The molecule has 0 aromatic heterocycles. The van der Waals surface area contributed by atoms with Crippen LogP contribution < -0.4 is 5.32 Å². The molecule has 1 unspecified atom stereocenters. The number of amides is 2. The highest BCUT2D eigenvalue weighted by atomic mass is 32.2. The zero-order valence-corrected chi connectivity index (χ0v) is 11.2. The van der Waals surface area contributed by atoms with Crippen molar-refractivity contribution in [3.63, 3.8) is 0 Å². The van der Waals surface area contributed by atoms with Gasteiger partial charge < -0.3 is 15.3 Å². The molecule has 0 radical (unpaired) electrons. The highest BCUT2D eigenvalue weighted by Crippen LogP contribution is 2.16.